The summed E-state index contributed by atoms with van der Waals surface area (Å²) in [6.45, 7) is 1.94. The number of rotatable bonds is 2. The van der Waals surface area contributed by atoms with Gasteiger partial charge in [0.25, 0.3) is 0 Å². The quantitative estimate of drug-likeness (QED) is 0.822. The van der Waals surface area contributed by atoms with Gasteiger partial charge in [0.2, 0.25) is 0 Å². The summed E-state index contributed by atoms with van der Waals surface area (Å²) in [5.41, 5.74) is 2.67. The highest BCUT2D eigenvalue weighted by atomic mass is 32.2. The number of amidine groups is 1. The maximum Gasteiger partial charge on any atom is 0.169 e. The summed E-state index contributed by atoms with van der Waals surface area (Å²) in [7, 11) is 0. The largest absolute Gasteiger partial charge is 0.317 e. The van der Waals surface area contributed by atoms with Crippen LogP contribution in [0.2, 0.25) is 0 Å². The molecule has 19 heavy (non-hydrogen) atoms. The molecule has 2 aliphatic rings. The van der Waals surface area contributed by atoms with Gasteiger partial charge in [-0.25, -0.2) is 0 Å². The van der Waals surface area contributed by atoms with Crippen molar-refractivity contribution >= 4 is 55.8 Å². The molecule has 0 saturated carbocycles. The number of thioether (sulfide) groups is 2. The van der Waals surface area contributed by atoms with E-state index in [1.165, 1.54) is 30.8 Å². The van der Waals surface area contributed by atoms with E-state index in [4.69, 9.17) is 0 Å². The van der Waals surface area contributed by atoms with Gasteiger partial charge in [0.1, 0.15) is 0 Å². The maximum absolute atomic E-state index is 4.58. The average Bonchev–Trinajstić information content (AvgIpc) is 3.11. The first-order valence-electron chi connectivity index (χ1n) is 6.12. The summed E-state index contributed by atoms with van der Waals surface area (Å²) in [6.07, 6.45) is 2.15. The van der Waals surface area contributed by atoms with Crippen LogP contribution >= 0.6 is 34.9 Å². The molecule has 0 saturated heterocycles. The first-order chi connectivity index (χ1) is 9.36. The Kier molecular flexibility index (Phi) is 2.86. The number of hydrogen-bond donors (Lipinski definition) is 0. The molecule has 0 amide bonds. The Bertz CT molecular complexity index is 714. The van der Waals surface area contributed by atoms with Gasteiger partial charge in [-0.05, 0) is 40.9 Å². The Morgan fingerprint density at radius 1 is 1.32 bits per heavy atom. The fourth-order valence-corrected chi connectivity index (χ4v) is 5.22. The lowest BCUT2D eigenvalue weighted by Crippen LogP contribution is -2.19. The maximum atomic E-state index is 4.58. The van der Waals surface area contributed by atoms with Gasteiger partial charge in [0.15, 0.2) is 5.17 Å². The van der Waals surface area contributed by atoms with Crippen LogP contribution in [0.1, 0.15) is 5.56 Å². The van der Waals surface area contributed by atoms with Crippen LogP contribution in [0.4, 0.5) is 0 Å². The third kappa shape index (κ3) is 1.83. The topological polar surface area (TPSA) is 15.6 Å². The number of benzene rings is 1. The van der Waals surface area contributed by atoms with Gasteiger partial charge in [0, 0.05) is 16.8 Å². The monoisotopic (exact) mass is 304 g/mol. The van der Waals surface area contributed by atoms with Crippen molar-refractivity contribution in [1.82, 2.24) is 4.90 Å². The van der Waals surface area contributed by atoms with Crippen LogP contribution in [0.25, 0.3) is 15.8 Å². The van der Waals surface area contributed by atoms with E-state index in [-0.39, 0.29) is 0 Å². The van der Waals surface area contributed by atoms with Crippen molar-refractivity contribution in [2.75, 3.05) is 19.3 Å². The smallest absolute Gasteiger partial charge is 0.169 e. The Hall–Kier alpha value is -0.910. The molecular weight excluding hydrogens is 292 g/mol. The van der Waals surface area contributed by atoms with Gasteiger partial charge in [0.05, 0.1) is 16.5 Å². The molecule has 4 rings (SSSR count). The lowest BCUT2D eigenvalue weighted by molar-refractivity contribution is 0.649. The Morgan fingerprint density at radius 3 is 3.16 bits per heavy atom. The predicted molar refractivity (Wildman–Crippen MR) is 88.9 cm³/mol. The fraction of sp³-hybridized carbons (Fsp3) is 0.214. The predicted octanol–water partition coefficient (Wildman–Crippen LogP) is 4.31. The van der Waals surface area contributed by atoms with Crippen LogP contribution in [0.15, 0.2) is 38.9 Å². The van der Waals surface area contributed by atoms with E-state index in [1.807, 2.05) is 34.9 Å². The van der Waals surface area contributed by atoms with Gasteiger partial charge >= 0.3 is 0 Å². The van der Waals surface area contributed by atoms with Crippen LogP contribution in [0.5, 0.6) is 0 Å². The molecule has 0 unspecified atom stereocenters. The second-order valence-electron chi connectivity index (χ2n) is 4.43. The number of hydrogen-bond acceptors (Lipinski definition) is 5. The molecule has 0 atom stereocenters. The molecular formula is C14H12N2S3. The van der Waals surface area contributed by atoms with Gasteiger partial charge in [-0.1, -0.05) is 12.1 Å². The van der Waals surface area contributed by atoms with Gasteiger partial charge in [-0.2, -0.15) is 0 Å². The molecule has 1 aromatic carbocycles. The lowest BCUT2D eigenvalue weighted by Gasteiger charge is -2.17. The fourth-order valence-electron chi connectivity index (χ4n) is 2.48. The third-order valence-corrected chi connectivity index (χ3v) is 6.47. The van der Waals surface area contributed by atoms with Crippen molar-refractivity contribution in [2.24, 2.45) is 4.99 Å². The third-order valence-electron chi connectivity index (χ3n) is 3.36. The molecule has 0 bridgehead atoms. The highest BCUT2D eigenvalue weighted by molar-refractivity contribution is 8.30. The SMILES string of the molecule is CSC1=C(c2ccc3ccsc3c2)N2CCN=C2S1. The molecule has 2 aromatic rings. The second-order valence-corrected chi connectivity index (χ2v) is 7.43. The number of fused-ring (bicyclic) bond motifs is 2. The zero-order chi connectivity index (χ0) is 12.8. The summed E-state index contributed by atoms with van der Waals surface area (Å²) in [5, 5.41) is 4.66. The lowest BCUT2D eigenvalue weighted by atomic mass is 10.1. The highest BCUT2D eigenvalue weighted by Gasteiger charge is 2.32. The Labute approximate surface area is 124 Å². The minimum absolute atomic E-state index is 0.925. The van der Waals surface area contributed by atoms with E-state index in [9.17, 15) is 0 Å². The van der Waals surface area contributed by atoms with Crippen molar-refractivity contribution < 1.29 is 0 Å². The van der Waals surface area contributed by atoms with Crippen molar-refractivity contribution in [1.29, 1.82) is 0 Å². The minimum atomic E-state index is 0.925. The zero-order valence-electron chi connectivity index (χ0n) is 10.4. The van der Waals surface area contributed by atoms with Crippen LogP contribution in [-0.4, -0.2) is 29.4 Å². The average molecular weight is 304 g/mol. The number of nitrogens with zero attached hydrogens (tertiary/aromatic N) is 2. The van der Waals surface area contributed by atoms with Crippen molar-refractivity contribution in [3.8, 4) is 0 Å². The van der Waals surface area contributed by atoms with Gasteiger partial charge in [-0.3, -0.25) is 4.99 Å². The Balaban J connectivity index is 1.86. The number of aliphatic imine (C=N–C) groups is 1. The molecule has 3 heterocycles. The van der Waals surface area contributed by atoms with E-state index in [2.05, 4.69) is 45.8 Å². The van der Waals surface area contributed by atoms with Crippen LogP contribution in [0, 0.1) is 0 Å². The van der Waals surface area contributed by atoms with E-state index in [1.54, 1.807) is 0 Å². The molecule has 2 aliphatic heterocycles. The molecule has 5 heteroatoms. The molecule has 0 aliphatic carbocycles. The summed E-state index contributed by atoms with van der Waals surface area (Å²) in [4.78, 5) is 6.94. The van der Waals surface area contributed by atoms with E-state index < -0.39 is 0 Å². The molecule has 0 N–H and O–H groups in total. The van der Waals surface area contributed by atoms with Crippen molar-refractivity contribution in [2.45, 2.75) is 0 Å². The van der Waals surface area contributed by atoms with Crippen LogP contribution in [-0.2, 0) is 0 Å². The molecule has 0 fully saturated rings. The zero-order valence-corrected chi connectivity index (χ0v) is 12.9. The molecule has 2 nitrogen and oxygen atoms in total. The standard InChI is InChI=1S/C14H12N2S3/c1-17-13-12(16-6-5-15-14(16)19-13)10-3-2-9-4-7-18-11(9)8-10/h2-4,7-8H,5-6H2,1H3. The molecule has 0 spiro atoms. The molecule has 1 aromatic heterocycles. The van der Waals surface area contributed by atoms with Gasteiger partial charge < -0.3 is 4.90 Å². The van der Waals surface area contributed by atoms with Crippen molar-refractivity contribution in [3.05, 3.63) is 39.4 Å². The second kappa shape index (κ2) is 4.58. The summed E-state index contributed by atoms with van der Waals surface area (Å²) < 4.78 is 2.73. The van der Waals surface area contributed by atoms with Crippen molar-refractivity contribution in [3.63, 3.8) is 0 Å². The van der Waals surface area contributed by atoms with E-state index >= 15 is 0 Å². The van der Waals surface area contributed by atoms with E-state index in [0.29, 0.717) is 0 Å². The highest BCUT2D eigenvalue weighted by Crippen LogP contribution is 2.46. The molecule has 96 valence electrons. The summed E-state index contributed by atoms with van der Waals surface area (Å²) in [6, 6.07) is 8.96. The first-order valence-corrected chi connectivity index (χ1v) is 9.04. The number of thiophene rings is 1. The van der Waals surface area contributed by atoms with Crippen LogP contribution < -0.4 is 0 Å². The first kappa shape index (κ1) is 11.9. The molecule has 0 radical (unpaired) electrons. The van der Waals surface area contributed by atoms with Gasteiger partial charge in [-0.15, -0.1) is 23.1 Å². The Morgan fingerprint density at radius 2 is 2.26 bits per heavy atom. The normalized spacial score (nSPS) is 18.4. The summed E-state index contributed by atoms with van der Waals surface area (Å²) in [5.74, 6) is 0. The van der Waals surface area contributed by atoms with Crippen LogP contribution in [0.3, 0.4) is 0 Å². The minimum Gasteiger partial charge on any atom is -0.317 e. The van der Waals surface area contributed by atoms with E-state index in [0.717, 1.165) is 13.1 Å². The summed E-state index contributed by atoms with van der Waals surface area (Å²) >= 11 is 5.45.